The van der Waals surface area contributed by atoms with E-state index in [1.54, 1.807) is 30.3 Å². The topological polar surface area (TPSA) is 102 Å². The molecule has 0 atom stereocenters. The molecular formula is C28H27F3N4O4. The number of hydrogen-bond donors (Lipinski definition) is 2. The smallest absolute Gasteiger partial charge is 0.423 e. The van der Waals surface area contributed by atoms with Crippen LogP contribution in [0.2, 0.25) is 0 Å². The Morgan fingerprint density at radius 1 is 1.05 bits per heavy atom. The molecule has 3 aromatic rings. The van der Waals surface area contributed by atoms with Gasteiger partial charge in [-0.25, -0.2) is 4.98 Å². The number of rotatable bonds is 7. The van der Waals surface area contributed by atoms with Gasteiger partial charge >= 0.3 is 6.18 Å². The Morgan fingerprint density at radius 3 is 2.59 bits per heavy atom. The zero-order chi connectivity index (χ0) is 27.6. The monoisotopic (exact) mass is 540 g/mol. The zero-order valence-electron chi connectivity index (χ0n) is 21.2. The Hall–Kier alpha value is -4.15. The molecule has 5 rings (SSSR count). The number of carbonyl (C=O) groups is 2. The van der Waals surface area contributed by atoms with Crippen LogP contribution < -0.4 is 20.1 Å². The number of fused-ring (bicyclic) bond motifs is 1. The first-order chi connectivity index (χ1) is 18.7. The second-order valence-electron chi connectivity index (χ2n) is 9.57. The lowest BCUT2D eigenvalue weighted by Crippen LogP contribution is -2.36. The maximum Gasteiger partial charge on any atom is 0.423 e. The quantitative estimate of drug-likeness (QED) is 0.366. The average Bonchev–Trinajstić information content (AvgIpc) is 3.30. The molecule has 1 amide bonds. The number of anilines is 2. The number of hydrogen-bond acceptors (Lipinski definition) is 7. The van der Waals surface area contributed by atoms with Crippen LogP contribution in [0.15, 0.2) is 42.6 Å². The summed E-state index contributed by atoms with van der Waals surface area (Å²) in [4.78, 5) is 32.9. The lowest BCUT2D eigenvalue weighted by molar-refractivity contribution is -0.139. The molecule has 8 nitrogen and oxygen atoms in total. The predicted molar refractivity (Wildman–Crippen MR) is 137 cm³/mol. The summed E-state index contributed by atoms with van der Waals surface area (Å²) in [5.41, 5.74) is 0.534. The molecule has 0 spiro atoms. The fourth-order valence-corrected chi connectivity index (χ4v) is 4.93. The van der Waals surface area contributed by atoms with Crippen LogP contribution in [0.3, 0.4) is 0 Å². The predicted octanol–water partition coefficient (Wildman–Crippen LogP) is 6.23. The van der Waals surface area contributed by atoms with Crippen LogP contribution in [-0.2, 0) is 12.6 Å². The molecule has 0 unspecified atom stereocenters. The average molecular weight is 541 g/mol. The highest BCUT2D eigenvalue weighted by molar-refractivity contribution is 6.03. The molecule has 2 aromatic carbocycles. The first-order valence-electron chi connectivity index (χ1n) is 12.8. The summed E-state index contributed by atoms with van der Waals surface area (Å²) in [5.74, 6) is -1.05. The van der Waals surface area contributed by atoms with Crippen molar-refractivity contribution in [3.8, 4) is 17.4 Å². The SMILES string of the molecule is COc1cc(C(=O)NC2CCCCC2)ccc1Nc1ncc(C(F)(F)F)c(Oc2cccc3c2C(=O)CC3)n1. The molecule has 0 bridgehead atoms. The van der Waals surface area contributed by atoms with Gasteiger partial charge in [0.05, 0.1) is 18.4 Å². The number of carbonyl (C=O) groups excluding carboxylic acids is 2. The van der Waals surface area contributed by atoms with Crippen LogP contribution in [0.1, 0.15) is 70.4 Å². The highest BCUT2D eigenvalue weighted by atomic mass is 19.4. The lowest BCUT2D eigenvalue weighted by Gasteiger charge is -2.23. The number of amides is 1. The summed E-state index contributed by atoms with van der Waals surface area (Å²) in [7, 11) is 1.42. The van der Waals surface area contributed by atoms with Crippen LogP contribution >= 0.6 is 0 Å². The van der Waals surface area contributed by atoms with Gasteiger partial charge in [0.25, 0.3) is 5.91 Å². The zero-order valence-corrected chi connectivity index (χ0v) is 21.2. The summed E-state index contributed by atoms with van der Waals surface area (Å²) in [5, 5.41) is 5.88. The molecule has 2 aliphatic carbocycles. The number of alkyl halides is 3. The number of halogens is 3. The van der Waals surface area contributed by atoms with E-state index in [0.29, 0.717) is 23.9 Å². The van der Waals surface area contributed by atoms with Gasteiger partial charge in [-0.1, -0.05) is 31.4 Å². The molecule has 11 heteroatoms. The summed E-state index contributed by atoms with van der Waals surface area (Å²) in [6.45, 7) is 0. The van der Waals surface area contributed by atoms with E-state index in [1.807, 2.05) is 0 Å². The Morgan fingerprint density at radius 2 is 1.85 bits per heavy atom. The minimum absolute atomic E-state index is 0.0102. The van der Waals surface area contributed by atoms with Crippen molar-refractivity contribution in [2.75, 3.05) is 12.4 Å². The van der Waals surface area contributed by atoms with Crippen molar-refractivity contribution in [2.24, 2.45) is 0 Å². The molecule has 0 radical (unpaired) electrons. The van der Waals surface area contributed by atoms with Crippen LogP contribution in [-0.4, -0.2) is 34.8 Å². The van der Waals surface area contributed by atoms with Gasteiger partial charge in [0.2, 0.25) is 11.8 Å². The van der Waals surface area contributed by atoms with E-state index in [1.165, 1.54) is 19.6 Å². The van der Waals surface area contributed by atoms with Crippen molar-refractivity contribution in [3.05, 3.63) is 64.8 Å². The van der Waals surface area contributed by atoms with Crippen LogP contribution in [0.5, 0.6) is 17.4 Å². The van der Waals surface area contributed by atoms with E-state index in [-0.39, 0.29) is 47.2 Å². The van der Waals surface area contributed by atoms with Gasteiger partial charge in [0, 0.05) is 24.2 Å². The fraction of sp³-hybridized carbons (Fsp3) is 0.357. The third-order valence-electron chi connectivity index (χ3n) is 6.93. The molecule has 1 fully saturated rings. The van der Waals surface area contributed by atoms with Gasteiger partial charge in [-0.15, -0.1) is 0 Å². The normalized spacial score (nSPS) is 15.5. The van der Waals surface area contributed by atoms with Gasteiger partial charge in [0.1, 0.15) is 17.1 Å². The minimum Gasteiger partial charge on any atom is -0.495 e. The van der Waals surface area contributed by atoms with Crippen LogP contribution in [0, 0.1) is 0 Å². The maximum absolute atomic E-state index is 13.8. The number of nitrogens with one attached hydrogen (secondary N) is 2. The molecule has 2 N–H and O–H groups in total. The molecule has 204 valence electrons. The summed E-state index contributed by atoms with van der Waals surface area (Å²) < 4.78 is 52.3. The summed E-state index contributed by atoms with van der Waals surface area (Å²) in [6, 6.07) is 9.64. The molecular weight excluding hydrogens is 513 g/mol. The standard InChI is InChI=1S/C28H27F3N4O4/c1-38-23-14-17(25(37)33-18-7-3-2-4-8-18)10-12-20(23)34-27-32-15-19(28(29,30)31)26(35-27)39-22-9-5-6-16-11-13-21(36)24(16)22/h5-6,9-10,12,14-15,18H,2-4,7-8,11,13H2,1H3,(H,33,37)(H,32,34,35). The van der Waals surface area contributed by atoms with Gasteiger partial charge in [-0.2, -0.15) is 18.2 Å². The van der Waals surface area contributed by atoms with E-state index in [2.05, 4.69) is 20.6 Å². The fourth-order valence-electron chi connectivity index (χ4n) is 4.93. The Labute approximate surface area is 222 Å². The van der Waals surface area contributed by atoms with Crippen molar-refractivity contribution >= 4 is 23.3 Å². The number of aromatic nitrogens is 2. The van der Waals surface area contributed by atoms with Gasteiger partial charge < -0.3 is 20.1 Å². The van der Waals surface area contributed by atoms with Crippen LogP contribution in [0.25, 0.3) is 0 Å². The van der Waals surface area contributed by atoms with Crippen LogP contribution in [0.4, 0.5) is 24.8 Å². The molecule has 1 saturated carbocycles. The van der Waals surface area contributed by atoms with Crippen molar-refractivity contribution in [3.63, 3.8) is 0 Å². The molecule has 2 aliphatic rings. The van der Waals surface area contributed by atoms with E-state index >= 15 is 0 Å². The Balaban J connectivity index is 1.40. The van der Waals surface area contributed by atoms with Crippen molar-refractivity contribution in [1.82, 2.24) is 15.3 Å². The van der Waals surface area contributed by atoms with Crippen molar-refractivity contribution < 1.29 is 32.2 Å². The van der Waals surface area contributed by atoms with E-state index in [0.717, 1.165) is 31.2 Å². The third kappa shape index (κ3) is 5.81. The van der Waals surface area contributed by atoms with Crippen molar-refractivity contribution in [1.29, 1.82) is 0 Å². The largest absolute Gasteiger partial charge is 0.495 e. The number of ketones is 1. The second-order valence-corrected chi connectivity index (χ2v) is 9.57. The van der Waals surface area contributed by atoms with Crippen molar-refractivity contribution in [2.45, 2.75) is 57.2 Å². The number of nitrogens with zero attached hydrogens (tertiary/aromatic N) is 2. The number of Topliss-reactive ketones (excluding diaryl/α,β-unsaturated/α-hetero) is 1. The first-order valence-corrected chi connectivity index (χ1v) is 12.8. The first kappa shape index (κ1) is 26.5. The minimum atomic E-state index is -4.79. The van der Waals surface area contributed by atoms with E-state index in [9.17, 15) is 22.8 Å². The third-order valence-corrected chi connectivity index (χ3v) is 6.93. The number of benzene rings is 2. The highest BCUT2D eigenvalue weighted by Crippen LogP contribution is 2.40. The molecule has 0 aliphatic heterocycles. The second kappa shape index (κ2) is 10.9. The van der Waals surface area contributed by atoms with Gasteiger partial charge in [-0.3, -0.25) is 9.59 Å². The molecule has 1 heterocycles. The van der Waals surface area contributed by atoms with Gasteiger partial charge in [-0.05, 0) is 49.1 Å². The number of ether oxygens (including phenoxy) is 2. The van der Waals surface area contributed by atoms with E-state index < -0.39 is 17.6 Å². The lowest BCUT2D eigenvalue weighted by atomic mass is 9.95. The van der Waals surface area contributed by atoms with Gasteiger partial charge in [0.15, 0.2) is 5.78 Å². The Kier molecular flexibility index (Phi) is 7.40. The molecule has 39 heavy (non-hydrogen) atoms. The number of aryl methyl sites for hydroxylation is 1. The van der Waals surface area contributed by atoms with E-state index in [4.69, 9.17) is 9.47 Å². The summed E-state index contributed by atoms with van der Waals surface area (Å²) in [6.07, 6.45) is 1.82. The molecule has 0 saturated heterocycles. The summed E-state index contributed by atoms with van der Waals surface area (Å²) >= 11 is 0. The highest BCUT2D eigenvalue weighted by Gasteiger charge is 2.37. The molecule has 1 aromatic heterocycles. The maximum atomic E-state index is 13.8. The number of methoxy groups -OCH3 is 1. The Bertz CT molecular complexity index is 1400.